The van der Waals surface area contributed by atoms with E-state index in [-0.39, 0.29) is 116 Å². The van der Waals surface area contributed by atoms with Gasteiger partial charge in [0.25, 0.3) is 6.47 Å². The third-order valence-electron chi connectivity index (χ3n) is 2.42. The van der Waals surface area contributed by atoms with Crippen LogP contribution in [0.5, 0.6) is 0 Å². The zero-order valence-corrected chi connectivity index (χ0v) is 25.1. The summed E-state index contributed by atoms with van der Waals surface area (Å²) in [6, 6.07) is 19.4. The third kappa shape index (κ3) is 23.0. The Morgan fingerprint density at radius 1 is 1.08 bits per heavy atom. The first-order chi connectivity index (χ1) is 11.1. The second kappa shape index (κ2) is 25.9. The summed E-state index contributed by atoms with van der Waals surface area (Å²) in [4.78, 5) is 9.76. The minimum atomic E-state index is 0. The smallest absolute Gasteiger partial charge is 0.704 e. The average molecular weight is 553 g/mol. The molecule has 1 radical (unpaired) electrons. The molecule has 0 aliphatic rings. The fraction of sp³-hybridized carbons (Fsp3) is 0.211. The van der Waals surface area contributed by atoms with Crippen molar-refractivity contribution in [1.82, 2.24) is 5.06 Å². The van der Waals surface area contributed by atoms with Gasteiger partial charge in [0.15, 0.2) is 0 Å². The van der Waals surface area contributed by atoms with E-state index in [4.69, 9.17) is 10.9 Å². The Morgan fingerprint density at radius 2 is 1.46 bits per heavy atom. The minimum Gasteiger partial charge on any atom is -0.704 e. The van der Waals surface area contributed by atoms with Gasteiger partial charge in [-0.1, -0.05) is 60.7 Å². The van der Waals surface area contributed by atoms with Crippen LogP contribution in [0.1, 0.15) is 11.1 Å². The van der Waals surface area contributed by atoms with Crippen LogP contribution < -0.4 is 68.9 Å². The number of nitrogens with zero attached hydrogens (tertiary/aromatic N) is 1. The summed E-state index contributed by atoms with van der Waals surface area (Å²) in [5, 5.41) is 10.0. The number of rotatable bonds is 5. The molecule has 0 fully saturated rings. The van der Waals surface area contributed by atoms with Crippen molar-refractivity contribution in [2.75, 3.05) is 13.6 Å². The Bertz CT molecular complexity index is 503. The van der Waals surface area contributed by atoms with Crippen LogP contribution in [-0.2, 0) is 55.4 Å². The fourth-order valence-corrected chi connectivity index (χ4v) is 1.55. The summed E-state index contributed by atoms with van der Waals surface area (Å²) in [6.07, 6.45) is 0. The van der Waals surface area contributed by atoms with Crippen LogP contribution in [0.2, 0.25) is 0 Å². The molecule has 0 atom stereocenters. The van der Waals surface area contributed by atoms with Crippen molar-refractivity contribution in [3.63, 3.8) is 0 Å². The molecule has 2 N–H and O–H groups in total. The molecule has 0 aliphatic heterocycles. The zero-order chi connectivity index (χ0) is 17.3. The predicted octanol–water partition coefficient (Wildman–Crippen LogP) is 1.19. The Kier molecular flexibility index (Phi) is 34.4. The van der Waals surface area contributed by atoms with Crippen molar-refractivity contribution in [3.8, 4) is 0 Å². The van der Waals surface area contributed by atoms with Gasteiger partial charge in [0.2, 0.25) is 0 Å². The molecule has 0 aromatic heterocycles. The van der Waals surface area contributed by atoms with E-state index >= 15 is 0 Å². The standard InChI is InChI=1S/C8H11NO.C8H8O2.C2H5N.CH3.Cs.Y/c1-9(10)7-8-5-3-2-4-6-8;9-7-10-6-8-4-2-1-3-5-8;1-2-3;;;/h2-6,10H,7H2,1H3;1-5,7H,6H2;3H,1-2H2;1H3;;/q;;-2;-1;+1;. The zero-order valence-electron chi connectivity index (χ0n) is 16.0. The van der Waals surface area contributed by atoms with Crippen molar-refractivity contribution < 1.29 is 116 Å². The molecule has 0 amide bonds. The Balaban J connectivity index is -0.000000147. The molecule has 26 heavy (non-hydrogen) atoms. The molecule has 137 valence electrons. The quantitative estimate of drug-likeness (QED) is 0.343. The normalized spacial score (nSPS) is 8.04. The fourth-order valence-electron chi connectivity index (χ4n) is 1.55. The largest absolute Gasteiger partial charge is 1.00 e. The third-order valence-corrected chi connectivity index (χ3v) is 2.42. The number of hydrogen-bond acceptors (Lipinski definition) is 4. The van der Waals surface area contributed by atoms with Crippen molar-refractivity contribution in [1.29, 1.82) is 0 Å². The molecular weight excluding hydrogens is 526 g/mol. The van der Waals surface area contributed by atoms with Gasteiger partial charge in [0, 0.05) is 46.3 Å². The van der Waals surface area contributed by atoms with Crippen LogP contribution in [0, 0.1) is 14.4 Å². The van der Waals surface area contributed by atoms with Gasteiger partial charge in [-0.2, -0.15) is 5.06 Å². The molecule has 0 saturated carbocycles. The van der Waals surface area contributed by atoms with Crippen LogP contribution in [0.25, 0.3) is 5.73 Å². The van der Waals surface area contributed by atoms with Crippen molar-refractivity contribution in [2.24, 2.45) is 0 Å². The number of hydroxylamine groups is 2. The maximum Gasteiger partial charge on any atom is 1.00 e. The van der Waals surface area contributed by atoms with Gasteiger partial charge in [0.05, 0.1) is 0 Å². The van der Waals surface area contributed by atoms with E-state index in [0.29, 0.717) is 19.6 Å². The van der Waals surface area contributed by atoms with E-state index < -0.39 is 0 Å². The number of hydrogen-bond donors (Lipinski definition) is 1. The molecule has 0 aliphatic carbocycles. The van der Waals surface area contributed by atoms with Crippen molar-refractivity contribution in [3.05, 3.63) is 91.9 Å². The average Bonchev–Trinajstić information content (AvgIpc) is 2.56. The molecule has 0 saturated heterocycles. The van der Waals surface area contributed by atoms with Crippen LogP contribution in [0.4, 0.5) is 0 Å². The van der Waals surface area contributed by atoms with Gasteiger partial charge in [0.1, 0.15) is 6.61 Å². The van der Waals surface area contributed by atoms with Crippen molar-refractivity contribution >= 4 is 6.47 Å². The Labute approximate surface area is 242 Å². The SMILES string of the molecule is CN(O)Cc1ccccc1.O=COCc1ccccc1.[CH2-]C[NH-].[CH3-].[Cs+].[Y]. The van der Waals surface area contributed by atoms with E-state index in [9.17, 15) is 4.79 Å². The summed E-state index contributed by atoms with van der Waals surface area (Å²) in [7, 11) is 1.63. The molecule has 0 bridgehead atoms. The molecule has 0 spiro atoms. The van der Waals surface area contributed by atoms with E-state index in [2.05, 4.69) is 11.7 Å². The molecule has 2 aromatic carbocycles. The predicted molar refractivity (Wildman–Crippen MR) is 98.0 cm³/mol. The number of ether oxygens (including phenoxy) is 1. The first-order valence-electron chi connectivity index (χ1n) is 7.11. The van der Waals surface area contributed by atoms with Crippen molar-refractivity contribution in [2.45, 2.75) is 13.2 Å². The molecule has 0 heterocycles. The summed E-state index contributed by atoms with van der Waals surface area (Å²) >= 11 is 0. The molecule has 0 unspecified atom stereocenters. The summed E-state index contributed by atoms with van der Waals surface area (Å²) in [5.41, 5.74) is 8.22. The van der Waals surface area contributed by atoms with Gasteiger partial charge >= 0.3 is 68.9 Å². The number of nitrogens with one attached hydrogen (secondary N) is 1. The van der Waals surface area contributed by atoms with Gasteiger partial charge in [-0.25, -0.2) is 0 Å². The monoisotopic (exact) mass is 553 g/mol. The van der Waals surface area contributed by atoms with E-state index in [1.165, 1.54) is 0 Å². The molecule has 2 rings (SSSR count). The first kappa shape index (κ1) is 34.5. The maximum absolute atomic E-state index is 9.76. The number of benzene rings is 2. The van der Waals surface area contributed by atoms with Gasteiger partial charge in [-0.15, -0.1) is 0 Å². The second-order valence-electron chi connectivity index (χ2n) is 4.44. The van der Waals surface area contributed by atoms with Crippen LogP contribution in [0.3, 0.4) is 0 Å². The first-order valence-corrected chi connectivity index (χ1v) is 7.11. The summed E-state index contributed by atoms with van der Waals surface area (Å²) in [6.45, 7) is 4.80. The van der Waals surface area contributed by atoms with Gasteiger partial charge in [-0.3, -0.25) is 11.3 Å². The molecule has 7 heteroatoms. The summed E-state index contributed by atoms with van der Waals surface area (Å²) < 4.78 is 4.54. The van der Waals surface area contributed by atoms with Crippen LogP contribution in [0.15, 0.2) is 60.7 Å². The summed E-state index contributed by atoms with van der Waals surface area (Å²) in [5.74, 6) is 0. The van der Waals surface area contributed by atoms with Gasteiger partial charge < -0.3 is 30.0 Å². The number of carbonyl (C=O) groups is 1. The van der Waals surface area contributed by atoms with Crippen LogP contribution in [-0.4, -0.2) is 30.3 Å². The van der Waals surface area contributed by atoms with E-state index in [0.717, 1.165) is 16.2 Å². The second-order valence-corrected chi connectivity index (χ2v) is 4.44. The Hall–Kier alpha value is 0.946. The molecule has 2 aromatic rings. The van der Waals surface area contributed by atoms with Gasteiger partial charge in [-0.05, 0) is 11.1 Å². The molecule has 5 nitrogen and oxygen atoms in total. The Morgan fingerprint density at radius 3 is 1.81 bits per heavy atom. The number of carbonyl (C=O) groups excluding carboxylic acids is 1. The van der Waals surface area contributed by atoms with E-state index in [1.54, 1.807) is 7.05 Å². The molecular formula is C19H27CsN2O3Y-2. The van der Waals surface area contributed by atoms with Crippen LogP contribution >= 0.6 is 0 Å². The minimum absolute atomic E-state index is 0. The van der Waals surface area contributed by atoms with E-state index in [1.807, 2.05) is 60.7 Å². The maximum atomic E-state index is 9.76. The topological polar surface area (TPSA) is 73.6 Å².